The van der Waals surface area contributed by atoms with E-state index in [1.54, 1.807) is 6.92 Å². The van der Waals surface area contributed by atoms with Crippen molar-refractivity contribution in [3.8, 4) is 0 Å². The molecule has 0 radical (unpaired) electrons. The number of cyclic esters (lactones) is 1. The Bertz CT molecular complexity index is 300. The molecular weight excluding hydrogens is 236 g/mol. The van der Waals surface area contributed by atoms with Gasteiger partial charge in [-0.05, 0) is 26.9 Å². The fourth-order valence-electron chi connectivity index (χ4n) is 1.22. The molecule has 0 aromatic rings. The van der Waals surface area contributed by atoms with Gasteiger partial charge < -0.3 is 20.1 Å². The lowest BCUT2D eigenvalue weighted by Crippen LogP contribution is -2.28. The van der Waals surface area contributed by atoms with E-state index in [1.165, 1.54) is 19.4 Å². The van der Waals surface area contributed by atoms with Gasteiger partial charge in [-0.25, -0.2) is 4.79 Å². The van der Waals surface area contributed by atoms with E-state index in [1.807, 2.05) is 7.05 Å². The first-order chi connectivity index (χ1) is 8.54. The lowest BCUT2D eigenvalue weighted by Gasteiger charge is -2.13. The molecule has 0 fully saturated rings. The van der Waals surface area contributed by atoms with E-state index in [4.69, 9.17) is 9.47 Å². The summed E-state index contributed by atoms with van der Waals surface area (Å²) in [7, 11) is 1.96. The third-order valence-corrected chi connectivity index (χ3v) is 1.89. The second kappa shape index (κ2) is 9.61. The lowest BCUT2D eigenvalue weighted by molar-refractivity contribution is -0.159. The number of amides is 1. The molecule has 2 N–H and O–H groups in total. The molecule has 1 heterocycles. The minimum atomic E-state index is -0.763. The topological polar surface area (TPSA) is 76.7 Å². The summed E-state index contributed by atoms with van der Waals surface area (Å²) >= 11 is 0. The van der Waals surface area contributed by atoms with Crippen molar-refractivity contribution >= 4 is 11.9 Å². The first kappa shape index (κ1) is 16.6. The van der Waals surface area contributed by atoms with Gasteiger partial charge in [-0.1, -0.05) is 6.92 Å². The number of rotatable bonds is 5. The first-order valence-electron chi connectivity index (χ1n) is 6.01. The predicted octanol–water partition coefficient (Wildman–Crippen LogP) is 0.542. The van der Waals surface area contributed by atoms with Crippen LogP contribution in [0.4, 0.5) is 0 Å². The Hall–Kier alpha value is -1.40. The zero-order chi connectivity index (χ0) is 14.0. The third-order valence-electron chi connectivity index (χ3n) is 1.89. The fraction of sp³-hybridized carbons (Fsp3) is 0.667. The van der Waals surface area contributed by atoms with Crippen LogP contribution in [0.2, 0.25) is 0 Å². The Morgan fingerprint density at radius 2 is 2.17 bits per heavy atom. The summed E-state index contributed by atoms with van der Waals surface area (Å²) in [6.45, 7) is 6.83. The van der Waals surface area contributed by atoms with Crippen LogP contribution in [-0.4, -0.2) is 38.4 Å². The average molecular weight is 258 g/mol. The Labute approximate surface area is 108 Å². The molecule has 1 aliphatic heterocycles. The van der Waals surface area contributed by atoms with E-state index in [0.717, 1.165) is 6.54 Å². The molecule has 1 rings (SSSR count). The van der Waals surface area contributed by atoms with Crippen LogP contribution >= 0.6 is 0 Å². The van der Waals surface area contributed by atoms with Crippen molar-refractivity contribution in [1.29, 1.82) is 0 Å². The van der Waals surface area contributed by atoms with Crippen LogP contribution in [0, 0.1) is 0 Å². The van der Waals surface area contributed by atoms with Crippen molar-refractivity contribution in [1.82, 2.24) is 10.6 Å². The molecule has 104 valence electrons. The van der Waals surface area contributed by atoms with E-state index in [-0.39, 0.29) is 5.91 Å². The molecule has 0 bridgehead atoms. The highest BCUT2D eigenvalue weighted by Crippen LogP contribution is 2.13. The highest BCUT2D eigenvalue weighted by atomic mass is 16.7. The second-order valence-corrected chi connectivity index (χ2v) is 3.61. The Kier molecular flexibility index (Phi) is 8.86. The minimum absolute atomic E-state index is 0.255. The van der Waals surface area contributed by atoms with E-state index in [2.05, 4.69) is 17.6 Å². The highest BCUT2D eigenvalue weighted by Gasteiger charge is 2.26. The van der Waals surface area contributed by atoms with Gasteiger partial charge >= 0.3 is 5.97 Å². The molecular formula is C12H22N2O4. The van der Waals surface area contributed by atoms with Gasteiger partial charge in [0, 0.05) is 19.6 Å². The Morgan fingerprint density at radius 3 is 2.56 bits per heavy atom. The normalized spacial score (nSPS) is 17.4. The monoisotopic (exact) mass is 258 g/mol. The number of nitrogens with one attached hydrogen (secondary N) is 2. The SMILES string of the molecule is CCCNC.CCOC1OC(=O)C=C1NC(C)=O. The summed E-state index contributed by atoms with van der Waals surface area (Å²) < 4.78 is 9.81. The largest absolute Gasteiger partial charge is 0.426 e. The van der Waals surface area contributed by atoms with Gasteiger partial charge in [-0.15, -0.1) is 0 Å². The standard InChI is InChI=1S/C8H11NO4.C4H11N/c1-3-12-8-6(9-5(2)10)4-7(11)13-8;1-3-4-5-2/h4,8H,3H2,1-2H3,(H,9,10);5H,3-4H2,1-2H3. The molecule has 0 spiro atoms. The smallest absolute Gasteiger partial charge is 0.335 e. The number of carbonyl (C=O) groups is 2. The predicted molar refractivity (Wildman–Crippen MR) is 67.6 cm³/mol. The van der Waals surface area contributed by atoms with Crippen molar-refractivity contribution in [3.63, 3.8) is 0 Å². The molecule has 0 saturated heterocycles. The Morgan fingerprint density at radius 1 is 1.50 bits per heavy atom. The van der Waals surface area contributed by atoms with Gasteiger partial charge in [0.05, 0.1) is 5.70 Å². The molecule has 1 unspecified atom stereocenters. The third kappa shape index (κ3) is 7.03. The van der Waals surface area contributed by atoms with Gasteiger partial charge in [-0.3, -0.25) is 4.79 Å². The summed E-state index contributed by atoms with van der Waals surface area (Å²) in [6.07, 6.45) is 1.68. The van der Waals surface area contributed by atoms with Crippen molar-refractivity contribution in [2.45, 2.75) is 33.5 Å². The van der Waals surface area contributed by atoms with Crippen LogP contribution in [0.1, 0.15) is 27.2 Å². The van der Waals surface area contributed by atoms with Gasteiger partial charge in [0.1, 0.15) is 0 Å². The summed E-state index contributed by atoms with van der Waals surface area (Å²) in [6, 6.07) is 0. The van der Waals surface area contributed by atoms with Gasteiger partial charge in [-0.2, -0.15) is 0 Å². The van der Waals surface area contributed by atoms with Gasteiger partial charge in [0.15, 0.2) is 0 Å². The molecule has 0 aromatic carbocycles. The molecule has 0 saturated carbocycles. The quantitative estimate of drug-likeness (QED) is 0.704. The van der Waals surface area contributed by atoms with Crippen molar-refractivity contribution in [2.75, 3.05) is 20.2 Å². The summed E-state index contributed by atoms with van der Waals surface area (Å²) in [5.74, 6) is -0.753. The van der Waals surface area contributed by atoms with E-state index >= 15 is 0 Å². The first-order valence-corrected chi connectivity index (χ1v) is 6.01. The minimum Gasteiger partial charge on any atom is -0.426 e. The average Bonchev–Trinajstić information content (AvgIpc) is 2.60. The van der Waals surface area contributed by atoms with Crippen LogP contribution < -0.4 is 10.6 Å². The molecule has 18 heavy (non-hydrogen) atoms. The molecule has 1 atom stereocenters. The number of esters is 1. The Balaban J connectivity index is 0.000000494. The van der Waals surface area contributed by atoms with E-state index < -0.39 is 12.3 Å². The van der Waals surface area contributed by atoms with Crippen LogP contribution in [0.25, 0.3) is 0 Å². The second-order valence-electron chi connectivity index (χ2n) is 3.61. The van der Waals surface area contributed by atoms with E-state index in [0.29, 0.717) is 12.3 Å². The number of ether oxygens (including phenoxy) is 2. The molecule has 1 amide bonds. The zero-order valence-electron chi connectivity index (χ0n) is 11.4. The summed E-state index contributed by atoms with van der Waals surface area (Å²) in [4.78, 5) is 21.5. The molecule has 0 aliphatic carbocycles. The zero-order valence-corrected chi connectivity index (χ0v) is 11.4. The van der Waals surface area contributed by atoms with Gasteiger partial charge in [0.2, 0.25) is 12.2 Å². The van der Waals surface area contributed by atoms with E-state index in [9.17, 15) is 9.59 Å². The van der Waals surface area contributed by atoms with Crippen molar-refractivity contribution < 1.29 is 19.1 Å². The van der Waals surface area contributed by atoms with Gasteiger partial charge in [0.25, 0.3) is 0 Å². The fourth-order valence-corrected chi connectivity index (χ4v) is 1.22. The van der Waals surface area contributed by atoms with Crippen molar-refractivity contribution in [3.05, 3.63) is 11.8 Å². The number of carbonyl (C=O) groups excluding carboxylic acids is 2. The maximum Gasteiger partial charge on any atom is 0.335 e. The van der Waals surface area contributed by atoms with Crippen LogP contribution in [0.5, 0.6) is 0 Å². The molecule has 0 aromatic heterocycles. The highest BCUT2D eigenvalue weighted by molar-refractivity contribution is 5.87. The maximum atomic E-state index is 10.8. The summed E-state index contributed by atoms with van der Waals surface area (Å²) in [5.41, 5.74) is 0.361. The molecule has 6 heteroatoms. The van der Waals surface area contributed by atoms with Crippen LogP contribution in [0.3, 0.4) is 0 Å². The maximum absolute atomic E-state index is 10.8. The van der Waals surface area contributed by atoms with Crippen molar-refractivity contribution in [2.24, 2.45) is 0 Å². The summed E-state index contributed by atoms with van der Waals surface area (Å²) in [5, 5.41) is 5.48. The number of hydrogen-bond donors (Lipinski definition) is 2. The number of hydrogen-bond acceptors (Lipinski definition) is 5. The lowest BCUT2D eigenvalue weighted by atomic mass is 10.4. The molecule has 6 nitrogen and oxygen atoms in total. The molecule has 1 aliphatic rings. The van der Waals surface area contributed by atoms with Crippen LogP contribution in [0.15, 0.2) is 11.8 Å². The van der Waals surface area contributed by atoms with Crippen LogP contribution in [-0.2, 0) is 19.1 Å².